The number of nitrogens with one attached hydrogen (secondary N) is 1. The van der Waals surface area contributed by atoms with Gasteiger partial charge >= 0.3 is 0 Å². The van der Waals surface area contributed by atoms with E-state index >= 15 is 0 Å². The molecule has 4 atom stereocenters. The minimum absolute atomic E-state index is 0.236. The highest BCUT2D eigenvalue weighted by molar-refractivity contribution is 7.99. The van der Waals surface area contributed by atoms with E-state index in [1.54, 1.807) is 0 Å². The van der Waals surface area contributed by atoms with Crippen molar-refractivity contribution < 1.29 is 9.84 Å². The van der Waals surface area contributed by atoms with Crippen molar-refractivity contribution in [1.82, 2.24) is 5.32 Å². The maximum absolute atomic E-state index is 10.0. The molecule has 0 aromatic heterocycles. The first kappa shape index (κ1) is 18.3. The summed E-state index contributed by atoms with van der Waals surface area (Å²) in [7, 11) is 0. The molecule has 0 aliphatic heterocycles. The molecular formula is C16H33NO2S. The number of rotatable bonds is 10. The first-order chi connectivity index (χ1) is 9.52. The molecule has 0 radical (unpaired) electrons. The van der Waals surface area contributed by atoms with Crippen molar-refractivity contribution in [3.05, 3.63) is 0 Å². The van der Waals surface area contributed by atoms with Gasteiger partial charge in [0.05, 0.1) is 18.8 Å². The van der Waals surface area contributed by atoms with E-state index in [0.29, 0.717) is 25.1 Å². The lowest BCUT2D eigenvalue weighted by atomic mass is 10.1. The smallest absolute Gasteiger partial charge is 0.0897 e. The fourth-order valence-electron chi connectivity index (χ4n) is 2.93. The normalized spacial score (nSPS) is 26.1. The topological polar surface area (TPSA) is 41.5 Å². The molecule has 20 heavy (non-hydrogen) atoms. The van der Waals surface area contributed by atoms with E-state index < -0.39 is 6.10 Å². The summed E-state index contributed by atoms with van der Waals surface area (Å²) in [6.07, 6.45) is 4.77. The average molecular weight is 304 g/mol. The van der Waals surface area contributed by atoms with Crippen molar-refractivity contribution in [1.29, 1.82) is 0 Å². The van der Waals surface area contributed by atoms with E-state index in [1.165, 1.54) is 25.0 Å². The summed E-state index contributed by atoms with van der Waals surface area (Å²) in [5, 5.41) is 14.3. The highest BCUT2D eigenvalue weighted by Gasteiger charge is 2.27. The number of aliphatic hydroxyl groups excluding tert-OH is 1. The fourth-order valence-corrected chi connectivity index (χ4v) is 4.15. The SMILES string of the molecule is CCSC1CCCC1NCC(O)COC(C)CC(C)C. The van der Waals surface area contributed by atoms with E-state index in [9.17, 15) is 5.11 Å². The van der Waals surface area contributed by atoms with Crippen LogP contribution in [-0.2, 0) is 4.74 Å². The zero-order chi connectivity index (χ0) is 15.0. The molecule has 4 unspecified atom stereocenters. The average Bonchev–Trinajstić information content (AvgIpc) is 2.81. The van der Waals surface area contributed by atoms with Crippen molar-refractivity contribution >= 4 is 11.8 Å². The molecule has 0 spiro atoms. The van der Waals surface area contributed by atoms with Crippen LogP contribution >= 0.6 is 11.8 Å². The summed E-state index contributed by atoms with van der Waals surface area (Å²) in [4.78, 5) is 0. The molecule has 1 fully saturated rings. The van der Waals surface area contributed by atoms with Gasteiger partial charge in [0.25, 0.3) is 0 Å². The Morgan fingerprint density at radius 1 is 1.30 bits per heavy atom. The third kappa shape index (κ3) is 7.30. The zero-order valence-corrected chi connectivity index (χ0v) is 14.4. The third-order valence-corrected chi connectivity index (χ3v) is 5.15. The summed E-state index contributed by atoms with van der Waals surface area (Å²) in [6, 6.07) is 0.572. The molecule has 4 heteroatoms. The van der Waals surface area contributed by atoms with Crippen LogP contribution in [0.3, 0.4) is 0 Å². The monoisotopic (exact) mass is 303 g/mol. The Balaban J connectivity index is 2.14. The number of hydrogen-bond donors (Lipinski definition) is 2. The van der Waals surface area contributed by atoms with Gasteiger partial charge < -0.3 is 15.2 Å². The van der Waals surface area contributed by atoms with Gasteiger partial charge in [-0.2, -0.15) is 11.8 Å². The Bertz CT molecular complexity index is 251. The second-order valence-corrected chi connectivity index (χ2v) is 7.88. The number of ether oxygens (including phenoxy) is 1. The summed E-state index contributed by atoms with van der Waals surface area (Å²) >= 11 is 2.05. The molecule has 1 aliphatic carbocycles. The second-order valence-electron chi connectivity index (χ2n) is 6.37. The standard InChI is InChI=1S/C16H33NO2S/c1-5-20-16-8-6-7-15(16)17-10-14(18)11-19-13(4)9-12(2)3/h12-18H,5-11H2,1-4H3. The van der Waals surface area contributed by atoms with E-state index in [0.717, 1.165) is 11.7 Å². The molecule has 2 N–H and O–H groups in total. The molecule has 1 rings (SSSR count). The maximum Gasteiger partial charge on any atom is 0.0897 e. The van der Waals surface area contributed by atoms with Crippen LogP contribution in [0, 0.1) is 5.92 Å². The van der Waals surface area contributed by atoms with Crippen LogP contribution in [0.1, 0.15) is 53.4 Å². The van der Waals surface area contributed by atoms with Gasteiger partial charge in [-0.15, -0.1) is 0 Å². The molecule has 0 saturated heterocycles. The zero-order valence-electron chi connectivity index (χ0n) is 13.6. The van der Waals surface area contributed by atoms with Crippen molar-refractivity contribution in [2.75, 3.05) is 18.9 Å². The molecule has 0 aromatic carbocycles. The Morgan fingerprint density at radius 3 is 2.70 bits per heavy atom. The Morgan fingerprint density at radius 2 is 2.05 bits per heavy atom. The third-order valence-electron chi connectivity index (χ3n) is 3.83. The summed E-state index contributed by atoms with van der Waals surface area (Å²) < 4.78 is 5.71. The molecule has 0 bridgehead atoms. The molecule has 3 nitrogen and oxygen atoms in total. The van der Waals surface area contributed by atoms with E-state index in [-0.39, 0.29) is 6.10 Å². The molecule has 120 valence electrons. The van der Waals surface area contributed by atoms with Crippen molar-refractivity contribution in [2.45, 2.75) is 76.9 Å². The lowest BCUT2D eigenvalue weighted by Crippen LogP contribution is -2.40. The van der Waals surface area contributed by atoms with Gasteiger partial charge in [0.2, 0.25) is 0 Å². The first-order valence-corrected chi connectivity index (χ1v) is 9.22. The van der Waals surface area contributed by atoms with Crippen LogP contribution < -0.4 is 5.32 Å². The Hall–Kier alpha value is 0.230. The number of hydrogen-bond acceptors (Lipinski definition) is 4. The van der Waals surface area contributed by atoms with Gasteiger partial charge in [-0.1, -0.05) is 27.2 Å². The van der Waals surface area contributed by atoms with E-state index in [2.05, 4.69) is 33.0 Å². The van der Waals surface area contributed by atoms with Crippen LogP contribution in [-0.4, -0.2) is 47.5 Å². The number of thioether (sulfide) groups is 1. The molecule has 1 saturated carbocycles. The van der Waals surface area contributed by atoms with Crippen LogP contribution in [0.25, 0.3) is 0 Å². The molecule has 1 aliphatic rings. The van der Waals surface area contributed by atoms with Gasteiger partial charge in [0.1, 0.15) is 0 Å². The second kappa shape index (κ2) is 10.0. The molecular weight excluding hydrogens is 270 g/mol. The van der Waals surface area contributed by atoms with Gasteiger partial charge in [-0.05, 0) is 37.9 Å². The minimum atomic E-state index is -0.391. The fraction of sp³-hybridized carbons (Fsp3) is 1.00. The minimum Gasteiger partial charge on any atom is -0.389 e. The predicted molar refractivity (Wildman–Crippen MR) is 88.4 cm³/mol. The van der Waals surface area contributed by atoms with Gasteiger partial charge in [0.15, 0.2) is 0 Å². The molecule has 0 amide bonds. The highest BCUT2D eigenvalue weighted by atomic mass is 32.2. The molecule has 0 aromatic rings. The quantitative estimate of drug-likeness (QED) is 0.651. The first-order valence-electron chi connectivity index (χ1n) is 8.17. The maximum atomic E-state index is 10.0. The van der Waals surface area contributed by atoms with Crippen molar-refractivity contribution in [3.63, 3.8) is 0 Å². The Kier molecular flexibility index (Phi) is 9.18. The van der Waals surface area contributed by atoms with Crippen molar-refractivity contribution in [3.8, 4) is 0 Å². The Labute approximate surface area is 129 Å². The van der Waals surface area contributed by atoms with Gasteiger partial charge in [0, 0.05) is 17.8 Å². The predicted octanol–water partition coefficient (Wildman–Crippen LogP) is 3.06. The number of aliphatic hydroxyl groups is 1. The van der Waals surface area contributed by atoms with Crippen LogP contribution in [0.15, 0.2) is 0 Å². The van der Waals surface area contributed by atoms with Crippen LogP contribution in [0.4, 0.5) is 0 Å². The highest BCUT2D eigenvalue weighted by Crippen LogP contribution is 2.29. The van der Waals surface area contributed by atoms with Gasteiger partial charge in [-0.25, -0.2) is 0 Å². The van der Waals surface area contributed by atoms with Gasteiger partial charge in [-0.3, -0.25) is 0 Å². The largest absolute Gasteiger partial charge is 0.389 e. The summed E-state index contributed by atoms with van der Waals surface area (Å²) in [5.41, 5.74) is 0. The summed E-state index contributed by atoms with van der Waals surface area (Å²) in [5.74, 6) is 1.83. The molecule has 0 heterocycles. The van der Waals surface area contributed by atoms with Crippen molar-refractivity contribution in [2.24, 2.45) is 5.92 Å². The lowest BCUT2D eigenvalue weighted by Gasteiger charge is -2.23. The van der Waals surface area contributed by atoms with E-state index in [4.69, 9.17) is 4.74 Å². The van der Waals surface area contributed by atoms with Crippen LogP contribution in [0.5, 0.6) is 0 Å². The van der Waals surface area contributed by atoms with E-state index in [1.807, 2.05) is 11.8 Å². The summed E-state index contributed by atoms with van der Waals surface area (Å²) in [6.45, 7) is 9.80. The lowest BCUT2D eigenvalue weighted by molar-refractivity contribution is -0.00916. The van der Waals surface area contributed by atoms with Crippen LogP contribution in [0.2, 0.25) is 0 Å².